The molecule has 0 aromatic heterocycles. The first kappa shape index (κ1) is 17.7. The summed E-state index contributed by atoms with van der Waals surface area (Å²) < 4.78 is 30.9. The number of methoxy groups -OCH3 is 1. The Bertz CT molecular complexity index is 552. The Hall–Kier alpha value is -1.40. The van der Waals surface area contributed by atoms with E-state index in [1.807, 2.05) is 44.2 Å². The van der Waals surface area contributed by atoms with Gasteiger partial charge in [0.15, 0.2) is 0 Å². The van der Waals surface area contributed by atoms with Gasteiger partial charge in [-0.05, 0) is 12.0 Å². The van der Waals surface area contributed by atoms with Crippen LogP contribution in [0.4, 0.5) is 0 Å². The number of rotatable bonds is 8. The van der Waals surface area contributed by atoms with E-state index in [0.717, 1.165) is 5.56 Å². The molecule has 0 fully saturated rings. The van der Waals surface area contributed by atoms with Crippen molar-refractivity contribution in [2.24, 2.45) is 0 Å². The minimum Gasteiger partial charge on any atom is -0.469 e. The van der Waals surface area contributed by atoms with Gasteiger partial charge >= 0.3 is 5.97 Å². The Morgan fingerprint density at radius 2 is 1.86 bits per heavy atom. The van der Waals surface area contributed by atoms with E-state index in [4.69, 9.17) is 0 Å². The third-order valence-electron chi connectivity index (χ3n) is 3.31. The molecule has 0 radical (unpaired) electrons. The van der Waals surface area contributed by atoms with Crippen LogP contribution in [-0.4, -0.2) is 33.8 Å². The summed E-state index contributed by atoms with van der Waals surface area (Å²) >= 11 is 0. The maximum absolute atomic E-state index is 11.9. The van der Waals surface area contributed by atoms with Gasteiger partial charge in [0.1, 0.15) is 0 Å². The van der Waals surface area contributed by atoms with E-state index in [2.05, 4.69) is 9.46 Å². The predicted molar refractivity (Wildman–Crippen MR) is 82.5 cm³/mol. The van der Waals surface area contributed by atoms with Crippen LogP contribution in [0, 0.1) is 0 Å². The molecule has 21 heavy (non-hydrogen) atoms. The van der Waals surface area contributed by atoms with Crippen molar-refractivity contribution < 1.29 is 17.9 Å². The highest BCUT2D eigenvalue weighted by Gasteiger charge is 2.23. The van der Waals surface area contributed by atoms with Gasteiger partial charge in [-0.15, -0.1) is 0 Å². The lowest BCUT2D eigenvalue weighted by molar-refractivity contribution is -0.140. The van der Waals surface area contributed by atoms with Crippen LogP contribution in [0.1, 0.15) is 32.3 Å². The molecule has 6 heteroatoms. The number of esters is 1. The topological polar surface area (TPSA) is 72.5 Å². The second-order valence-electron chi connectivity index (χ2n) is 5.57. The zero-order chi connectivity index (χ0) is 15.9. The van der Waals surface area contributed by atoms with Crippen LogP contribution < -0.4 is 4.72 Å². The second kappa shape index (κ2) is 7.56. The molecular formula is C15H23NO4S. The Labute approximate surface area is 126 Å². The average Bonchev–Trinajstić information content (AvgIpc) is 2.46. The molecule has 0 spiro atoms. The molecule has 0 bridgehead atoms. The van der Waals surface area contributed by atoms with Crippen LogP contribution >= 0.6 is 0 Å². The van der Waals surface area contributed by atoms with Crippen molar-refractivity contribution in [1.29, 1.82) is 0 Å². The van der Waals surface area contributed by atoms with E-state index in [-0.39, 0.29) is 24.0 Å². The normalized spacial score (nSPS) is 12.1. The second-order valence-corrected chi connectivity index (χ2v) is 7.50. The SMILES string of the molecule is COC(=O)CCCS(=O)(=O)NCC(C)(C)c1ccccc1. The van der Waals surface area contributed by atoms with Gasteiger partial charge in [0.25, 0.3) is 0 Å². The minimum atomic E-state index is -3.38. The Kier molecular flexibility index (Phi) is 6.36. The lowest BCUT2D eigenvalue weighted by Crippen LogP contribution is -2.37. The van der Waals surface area contributed by atoms with E-state index in [0.29, 0.717) is 6.54 Å². The van der Waals surface area contributed by atoms with Crippen molar-refractivity contribution in [1.82, 2.24) is 4.72 Å². The summed E-state index contributed by atoms with van der Waals surface area (Å²) in [6.45, 7) is 4.29. The fraction of sp³-hybridized carbons (Fsp3) is 0.533. The molecule has 0 aliphatic rings. The Balaban J connectivity index is 2.51. The quantitative estimate of drug-likeness (QED) is 0.743. The number of nitrogens with one attached hydrogen (secondary N) is 1. The van der Waals surface area contributed by atoms with E-state index < -0.39 is 16.0 Å². The zero-order valence-corrected chi connectivity index (χ0v) is 13.6. The van der Waals surface area contributed by atoms with E-state index >= 15 is 0 Å². The third kappa shape index (κ3) is 6.27. The summed E-state index contributed by atoms with van der Waals surface area (Å²) in [5.41, 5.74) is 0.777. The van der Waals surface area contributed by atoms with Gasteiger partial charge in [-0.25, -0.2) is 13.1 Å². The maximum atomic E-state index is 11.9. The van der Waals surface area contributed by atoms with Crippen molar-refractivity contribution >= 4 is 16.0 Å². The van der Waals surface area contributed by atoms with Gasteiger partial charge in [0, 0.05) is 18.4 Å². The van der Waals surface area contributed by atoms with Crippen LogP contribution in [0.2, 0.25) is 0 Å². The standard InChI is InChI=1S/C15H23NO4S/c1-15(2,13-8-5-4-6-9-13)12-16-21(18,19)11-7-10-14(17)20-3/h4-6,8-9,16H,7,10-12H2,1-3H3. The summed E-state index contributed by atoms with van der Waals surface area (Å²) in [6.07, 6.45) is 0.368. The summed E-state index contributed by atoms with van der Waals surface area (Å²) in [5, 5.41) is 0. The smallest absolute Gasteiger partial charge is 0.305 e. The molecule has 1 rings (SSSR count). The lowest BCUT2D eigenvalue weighted by Gasteiger charge is -2.25. The number of carbonyl (C=O) groups is 1. The van der Waals surface area contributed by atoms with Crippen LogP contribution in [0.3, 0.4) is 0 Å². The van der Waals surface area contributed by atoms with Gasteiger partial charge < -0.3 is 4.74 Å². The fourth-order valence-electron chi connectivity index (χ4n) is 1.86. The van der Waals surface area contributed by atoms with Crippen LogP contribution in [0.15, 0.2) is 30.3 Å². The summed E-state index contributed by atoms with van der Waals surface area (Å²) in [5.74, 6) is -0.470. The number of ether oxygens (including phenoxy) is 1. The molecule has 1 aromatic carbocycles. The Morgan fingerprint density at radius 1 is 1.24 bits per heavy atom. The third-order valence-corrected chi connectivity index (χ3v) is 4.72. The van der Waals surface area contributed by atoms with Gasteiger partial charge in [0.05, 0.1) is 12.9 Å². The number of carbonyl (C=O) groups excluding carboxylic acids is 1. The van der Waals surface area contributed by atoms with Crippen LogP contribution in [0.5, 0.6) is 0 Å². The van der Waals surface area contributed by atoms with Crippen LogP contribution in [-0.2, 0) is 25.0 Å². The Morgan fingerprint density at radius 3 is 2.43 bits per heavy atom. The summed E-state index contributed by atoms with van der Waals surface area (Å²) in [7, 11) is -2.10. The summed E-state index contributed by atoms with van der Waals surface area (Å²) in [4.78, 5) is 11.0. The van der Waals surface area contributed by atoms with E-state index in [9.17, 15) is 13.2 Å². The van der Waals surface area contributed by atoms with E-state index in [1.54, 1.807) is 0 Å². The predicted octanol–water partition coefficient (Wildman–Crippen LogP) is 1.84. The first-order chi connectivity index (χ1) is 9.77. The highest BCUT2D eigenvalue weighted by molar-refractivity contribution is 7.89. The van der Waals surface area contributed by atoms with E-state index in [1.165, 1.54) is 7.11 Å². The first-order valence-electron chi connectivity index (χ1n) is 6.86. The largest absolute Gasteiger partial charge is 0.469 e. The highest BCUT2D eigenvalue weighted by atomic mass is 32.2. The molecule has 0 saturated carbocycles. The number of sulfonamides is 1. The molecule has 0 aliphatic heterocycles. The molecule has 0 heterocycles. The van der Waals surface area contributed by atoms with Crippen molar-refractivity contribution in [3.63, 3.8) is 0 Å². The molecule has 0 unspecified atom stereocenters. The van der Waals surface area contributed by atoms with Gasteiger partial charge in [-0.2, -0.15) is 0 Å². The minimum absolute atomic E-state index is 0.0764. The maximum Gasteiger partial charge on any atom is 0.305 e. The fourth-order valence-corrected chi connectivity index (χ4v) is 3.11. The molecule has 118 valence electrons. The monoisotopic (exact) mass is 313 g/mol. The molecule has 0 amide bonds. The molecule has 1 N–H and O–H groups in total. The van der Waals surface area contributed by atoms with Gasteiger partial charge in [-0.1, -0.05) is 44.2 Å². The highest BCUT2D eigenvalue weighted by Crippen LogP contribution is 2.21. The average molecular weight is 313 g/mol. The summed E-state index contributed by atoms with van der Waals surface area (Å²) in [6, 6.07) is 9.75. The molecule has 0 atom stereocenters. The van der Waals surface area contributed by atoms with Gasteiger partial charge in [-0.3, -0.25) is 4.79 Å². The lowest BCUT2D eigenvalue weighted by atomic mass is 9.85. The molecule has 1 aromatic rings. The molecule has 5 nitrogen and oxygen atoms in total. The zero-order valence-electron chi connectivity index (χ0n) is 12.8. The number of benzene rings is 1. The van der Waals surface area contributed by atoms with Crippen molar-refractivity contribution in [3.8, 4) is 0 Å². The van der Waals surface area contributed by atoms with Crippen molar-refractivity contribution in [2.75, 3.05) is 19.4 Å². The molecular weight excluding hydrogens is 290 g/mol. The van der Waals surface area contributed by atoms with Crippen molar-refractivity contribution in [3.05, 3.63) is 35.9 Å². The first-order valence-corrected chi connectivity index (χ1v) is 8.52. The van der Waals surface area contributed by atoms with Crippen molar-refractivity contribution in [2.45, 2.75) is 32.1 Å². The number of hydrogen-bond acceptors (Lipinski definition) is 4. The van der Waals surface area contributed by atoms with Crippen LogP contribution in [0.25, 0.3) is 0 Å². The number of hydrogen-bond donors (Lipinski definition) is 1. The molecule has 0 aliphatic carbocycles. The molecule has 0 saturated heterocycles. The van der Waals surface area contributed by atoms with Gasteiger partial charge in [0.2, 0.25) is 10.0 Å².